The van der Waals surface area contributed by atoms with E-state index >= 15 is 0 Å². The third-order valence-corrected chi connectivity index (χ3v) is 6.47. The molecule has 2 aliphatic rings. The van der Waals surface area contributed by atoms with Crippen molar-refractivity contribution < 1.29 is 30.3 Å². The molecule has 150 valence electrons. The van der Waals surface area contributed by atoms with Crippen LogP contribution in [0.15, 0.2) is 42.5 Å². The van der Waals surface area contributed by atoms with Gasteiger partial charge in [0.15, 0.2) is 0 Å². The minimum absolute atomic E-state index is 0.181. The monoisotopic (exact) mass is 406 g/mol. The summed E-state index contributed by atoms with van der Waals surface area (Å²) in [5.74, 6) is 0.181. The molecule has 5 N–H and O–H groups in total. The van der Waals surface area contributed by atoms with Crippen LogP contribution in [0.5, 0.6) is 5.75 Å². The van der Waals surface area contributed by atoms with Gasteiger partial charge >= 0.3 is 0 Å². The van der Waals surface area contributed by atoms with Crippen LogP contribution in [0, 0.1) is 0 Å². The molecule has 4 rings (SSSR count). The van der Waals surface area contributed by atoms with Gasteiger partial charge in [0.2, 0.25) is 0 Å². The summed E-state index contributed by atoms with van der Waals surface area (Å²) < 4.78 is 6.08. The summed E-state index contributed by atoms with van der Waals surface area (Å²) in [6, 6.07) is 12.1. The fourth-order valence-electron chi connectivity index (χ4n) is 4.42. The van der Waals surface area contributed by atoms with Crippen molar-refractivity contribution in [2.45, 2.75) is 48.8 Å². The second-order valence-electron chi connectivity index (χ2n) is 7.74. The summed E-state index contributed by atoms with van der Waals surface area (Å²) in [7, 11) is 0. The minimum atomic E-state index is -1.43. The van der Waals surface area contributed by atoms with Crippen LogP contribution >= 0.6 is 11.6 Å². The van der Waals surface area contributed by atoms with E-state index in [-0.39, 0.29) is 5.75 Å². The molecule has 2 fully saturated rings. The largest absolute Gasteiger partial charge is 0.508 e. The van der Waals surface area contributed by atoms with Crippen LogP contribution in [0.1, 0.15) is 29.5 Å². The van der Waals surface area contributed by atoms with Crippen molar-refractivity contribution in [3.63, 3.8) is 0 Å². The van der Waals surface area contributed by atoms with E-state index in [1.54, 1.807) is 36.4 Å². The molecule has 0 amide bonds. The predicted molar refractivity (Wildman–Crippen MR) is 102 cm³/mol. The normalized spacial score (nSPS) is 34.5. The third kappa shape index (κ3) is 2.92. The predicted octanol–water partition coefficient (Wildman–Crippen LogP) is 1.47. The van der Waals surface area contributed by atoms with Gasteiger partial charge in [-0.15, -0.1) is 0 Å². The Balaban J connectivity index is 1.72. The van der Waals surface area contributed by atoms with Gasteiger partial charge in [0.1, 0.15) is 35.3 Å². The molecule has 0 aromatic heterocycles. The summed E-state index contributed by atoms with van der Waals surface area (Å²) in [4.78, 5) is 0. The fourth-order valence-corrected chi connectivity index (χ4v) is 4.61. The number of phenols is 1. The topological polar surface area (TPSA) is 110 Å². The lowest BCUT2D eigenvalue weighted by molar-refractivity contribution is -0.289. The van der Waals surface area contributed by atoms with Gasteiger partial charge in [-0.1, -0.05) is 35.9 Å². The average molecular weight is 407 g/mol. The summed E-state index contributed by atoms with van der Waals surface area (Å²) >= 11 is 6.38. The molecule has 2 aliphatic heterocycles. The zero-order chi connectivity index (χ0) is 20.1. The zero-order valence-electron chi connectivity index (χ0n) is 15.1. The number of rotatable bonds is 4. The molecule has 0 saturated carbocycles. The van der Waals surface area contributed by atoms with Gasteiger partial charge in [0.05, 0.1) is 6.61 Å². The maximum Gasteiger partial charge on any atom is 0.123 e. The number of fused-ring (bicyclic) bond motifs is 2. The van der Waals surface area contributed by atoms with Crippen molar-refractivity contribution in [3.05, 3.63) is 64.2 Å². The Hall–Kier alpha value is -1.67. The van der Waals surface area contributed by atoms with Gasteiger partial charge in [-0.05, 0) is 54.2 Å². The number of aliphatic hydroxyl groups excluding tert-OH is 4. The summed E-state index contributed by atoms with van der Waals surface area (Å²) in [6.07, 6.45) is -2.97. The second-order valence-corrected chi connectivity index (χ2v) is 8.15. The first-order chi connectivity index (χ1) is 13.3. The van der Waals surface area contributed by atoms with Crippen LogP contribution in [-0.4, -0.2) is 56.1 Å². The highest BCUT2D eigenvalue weighted by Crippen LogP contribution is 2.54. The van der Waals surface area contributed by atoms with Crippen LogP contribution in [0.4, 0.5) is 0 Å². The molecule has 2 bridgehead atoms. The van der Waals surface area contributed by atoms with E-state index in [4.69, 9.17) is 16.3 Å². The standard InChI is InChI=1S/C21H23ClO6/c22-16-6-3-14(10-13(16)9-12-1-4-15(24)5-2-12)21-8-7-20(11-23,28-21)18(26)17(25)19(21)27/h1-6,10,17-19,23-27H,7-9,11H2/t17-,18-,19+,20+,21-/m0/s1. The van der Waals surface area contributed by atoms with Crippen LogP contribution in [0.3, 0.4) is 0 Å². The lowest BCUT2D eigenvalue weighted by atomic mass is 9.80. The SMILES string of the molecule is OC[C@@]12CC[C@@](c3ccc(Cl)c(Cc4ccc(O)cc4)c3)(O1)[C@H](O)[C@@H](O)[C@@H]2O. The van der Waals surface area contributed by atoms with Crippen molar-refractivity contribution in [2.24, 2.45) is 0 Å². The van der Waals surface area contributed by atoms with Crippen molar-refractivity contribution in [1.82, 2.24) is 0 Å². The molecule has 7 heteroatoms. The first-order valence-electron chi connectivity index (χ1n) is 9.23. The maximum atomic E-state index is 10.8. The number of hydrogen-bond donors (Lipinski definition) is 5. The van der Waals surface area contributed by atoms with Crippen LogP contribution in [0.2, 0.25) is 5.02 Å². The van der Waals surface area contributed by atoms with Gasteiger partial charge < -0.3 is 30.3 Å². The Bertz CT molecular complexity index is 872. The summed E-state index contributed by atoms with van der Waals surface area (Å²) in [5.41, 5.74) is -0.131. The first kappa shape index (κ1) is 19.6. The van der Waals surface area contributed by atoms with Crippen LogP contribution < -0.4 is 0 Å². The molecule has 2 aromatic rings. The Morgan fingerprint density at radius 3 is 2.39 bits per heavy atom. The molecular weight excluding hydrogens is 384 g/mol. The third-order valence-electron chi connectivity index (χ3n) is 6.10. The van der Waals surface area contributed by atoms with Crippen LogP contribution in [-0.2, 0) is 16.8 Å². The number of hydrogen-bond acceptors (Lipinski definition) is 6. The fraction of sp³-hybridized carbons (Fsp3) is 0.429. The second kappa shape index (κ2) is 6.99. The molecule has 0 unspecified atom stereocenters. The summed E-state index contributed by atoms with van der Waals surface area (Å²) in [5, 5.41) is 51.3. The molecule has 0 spiro atoms. The van der Waals surface area contributed by atoms with E-state index in [0.29, 0.717) is 29.8 Å². The van der Waals surface area contributed by atoms with E-state index < -0.39 is 36.1 Å². The number of aliphatic hydroxyl groups is 4. The van der Waals surface area contributed by atoms with E-state index in [9.17, 15) is 25.5 Å². The lowest BCUT2D eigenvalue weighted by Gasteiger charge is -2.48. The molecule has 2 aromatic carbocycles. The molecule has 2 heterocycles. The van der Waals surface area contributed by atoms with E-state index in [0.717, 1.165) is 11.1 Å². The van der Waals surface area contributed by atoms with Crippen molar-refractivity contribution in [1.29, 1.82) is 0 Å². The number of halogens is 1. The van der Waals surface area contributed by atoms with Crippen molar-refractivity contribution >= 4 is 11.6 Å². The maximum absolute atomic E-state index is 10.8. The number of benzene rings is 2. The molecule has 2 saturated heterocycles. The van der Waals surface area contributed by atoms with Crippen LogP contribution in [0.25, 0.3) is 0 Å². The molecule has 0 aliphatic carbocycles. The Labute approximate surface area is 167 Å². The molecule has 0 radical (unpaired) electrons. The number of ether oxygens (including phenoxy) is 1. The van der Waals surface area contributed by atoms with Gasteiger partial charge in [-0.25, -0.2) is 0 Å². The van der Waals surface area contributed by atoms with E-state index in [2.05, 4.69) is 0 Å². The smallest absolute Gasteiger partial charge is 0.123 e. The van der Waals surface area contributed by atoms with Gasteiger partial charge in [-0.2, -0.15) is 0 Å². The molecule has 6 nitrogen and oxygen atoms in total. The zero-order valence-corrected chi connectivity index (χ0v) is 15.9. The Morgan fingerprint density at radius 1 is 1.00 bits per heavy atom. The molecular formula is C21H23ClO6. The van der Waals surface area contributed by atoms with Gasteiger partial charge in [0, 0.05) is 5.02 Å². The number of aromatic hydroxyl groups is 1. The highest BCUT2D eigenvalue weighted by Gasteiger charge is 2.65. The minimum Gasteiger partial charge on any atom is -0.508 e. The van der Waals surface area contributed by atoms with Crippen molar-refractivity contribution in [2.75, 3.05) is 6.61 Å². The Morgan fingerprint density at radius 2 is 1.71 bits per heavy atom. The first-order valence-corrected chi connectivity index (χ1v) is 9.61. The molecule has 5 atom stereocenters. The lowest BCUT2D eigenvalue weighted by Crippen LogP contribution is -2.64. The van der Waals surface area contributed by atoms with E-state index in [1.165, 1.54) is 0 Å². The summed E-state index contributed by atoms with van der Waals surface area (Å²) in [6.45, 7) is -0.451. The highest BCUT2D eigenvalue weighted by atomic mass is 35.5. The average Bonchev–Trinajstić information content (AvgIpc) is 3.08. The Kier molecular flexibility index (Phi) is 4.90. The van der Waals surface area contributed by atoms with E-state index in [1.807, 2.05) is 6.07 Å². The van der Waals surface area contributed by atoms with Gasteiger partial charge in [-0.3, -0.25) is 0 Å². The molecule has 28 heavy (non-hydrogen) atoms. The number of phenolic OH excluding ortho intramolecular Hbond substituents is 1. The van der Waals surface area contributed by atoms with Gasteiger partial charge in [0.25, 0.3) is 0 Å². The van der Waals surface area contributed by atoms with Crippen molar-refractivity contribution in [3.8, 4) is 5.75 Å². The quantitative estimate of drug-likeness (QED) is 0.526. The highest BCUT2D eigenvalue weighted by molar-refractivity contribution is 6.31.